The van der Waals surface area contributed by atoms with Gasteiger partial charge in [-0.05, 0) is 66.4 Å². The number of nitrogens with one attached hydrogen (secondary N) is 1. The molecule has 1 saturated heterocycles. The van der Waals surface area contributed by atoms with Gasteiger partial charge in [0.05, 0.1) is 16.3 Å². The van der Waals surface area contributed by atoms with Crippen molar-refractivity contribution in [2.45, 2.75) is 35.7 Å². The van der Waals surface area contributed by atoms with Crippen LogP contribution in [0.15, 0.2) is 87.1 Å². The Bertz CT molecular complexity index is 1490. The highest BCUT2D eigenvalue weighted by Crippen LogP contribution is 2.24. The highest BCUT2D eigenvalue weighted by atomic mass is 79.9. The van der Waals surface area contributed by atoms with Gasteiger partial charge in [0.15, 0.2) is 0 Å². The fourth-order valence-electron chi connectivity index (χ4n) is 4.07. The molecule has 12 heteroatoms. The van der Waals surface area contributed by atoms with E-state index in [0.29, 0.717) is 29.2 Å². The number of benzene rings is 3. The molecule has 0 spiro atoms. The predicted octanol–water partition coefficient (Wildman–Crippen LogP) is 4.39. The Labute approximate surface area is 236 Å². The molecule has 1 aliphatic heterocycles. The number of amides is 1. The summed E-state index contributed by atoms with van der Waals surface area (Å²) >= 11 is 9.58. The standard InChI is InChI=1S/C26H27BrClN3O5S2/c27-22-9-13-24(14-10-22)38(35,36)31(18-21-5-1-2-6-25(21)28)19-26(32)29-17-20-7-11-23(12-8-20)37(33,34)30-15-3-4-16-30/h1-2,5-14H,3-4,15-19H2,(H,29,32). The van der Waals surface area contributed by atoms with Gasteiger partial charge in [0.1, 0.15) is 0 Å². The van der Waals surface area contributed by atoms with Crippen molar-refractivity contribution in [3.8, 4) is 0 Å². The van der Waals surface area contributed by atoms with Crippen LogP contribution in [0, 0.1) is 0 Å². The average molecular weight is 641 g/mol. The molecule has 1 amide bonds. The summed E-state index contributed by atoms with van der Waals surface area (Å²) in [6.45, 7) is 0.642. The van der Waals surface area contributed by atoms with Crippen molar-refractivity contribution in [3.05, 3.63) is 93.4 Å². The first-order valence-electron chi connectivity index (χ1n) is 11.9. The van der Waals surface area contributed by atoms with Crippen molar-refractivity contribution in [3.63, 3.8) is 0 Å². The monoisotopic (exact) mass is 639 g/mol. The molecule has 1 heterocycles. The zero-order valence-electron chi connectivity index (χ0n) is 20.4. The Morgan fingerprint density at radius 2 is 1.50 bits per heavy atom. The van der Waals surface area contributed by atoms with E-state index in [1.165, 1.54) is 28.6 Å². The molecule has 0 unspecified atom stereocenters. The van der Waals surface area contributed by atoms with Gasteiger partial charge in [-0.1, -0.05) is 57.9 Å². The number of halogens is 2. The zero-order valence-corrected chi connectivity index (χ0v) is 24.4. The van der Waals surface area contributed by atoms with Crippen LogP contribution in [0.2, 0.25) is 5.02 Å². The molecule has 202 valence electrons. The summed E-state index contributed by atoms with van der Waals surface area (Å²) in [5.74, 6) is -0.508. The lowest BCUT2D eigenvalue weighted by Crippen LogP contribution is -2.40. The van der Waals surface area contributed by atoms with Gasteiger partial charge in [0.25, 0.3) is 0 Å². The number of hydrogen-bond acceptors (Lipinski definition) is 5. The topological polar surface area (TPSA) is 104 Å². The van der Waals surface area contributed by atoms with Crippen molar-refractivity contribution in [1.29, 1.82) is 0 Å². The van der Waals surface area contributed by atoms with E-state index in [2.05, 4.69) is 21.2 Å². The number of sulfonamides is 2. The molecule has 3 aromatic carbocycles. The predicted molar refractivity (Wildman–Crippen MR) is 149 cm³/mol. The fourth-order valence-corrected chi connectivity index (χ4v) is 7.42. The first-order chi connectivity index (χ1) is 18.1. The van der Waals surface area contributed by atoms with Crippen LogP contribution in [0.25, 0.3) is 0 Å². The highest BCUT2D eigenvalue weighted by Gasteiger charge is 2.28. The lowest BCUT2D eigenvalue weighted by molar-refractivity contribution is -0.121. The SMILES string of the molecule is O=C(CN(Cc1ccccc1Cl)S(=O)(=O)c1ccc(Br)cc1)NCc1ccc(S(=O)(=O)N2CCCC2)cc1. The third-order valence-corrected chi connectivity index (χ3v) is 10.8. The molecule has 4 rings (SSSR count). The van der Waals surface area contributed by atoms with Crippen LogP contribution in [0.4, 0.5) is 0 Å². The average Bonchev–Trinajstić information content (AvgIpc) is 3.45. The van der Waals surface area contributed by atoms with Crippen LogP contribution in [-0.4, -0.2) is 51.0 Å². The van der Waals surface area contributed by atoms with E-state index in [4.69, 9.17) is 11.6 Å². The molecule has 0 saturated carbocycles. The van der Waals surface area contributed by atoms with Crippen LogP contribution >= 0.6 is 27.5 Å². The van der Waals surface area contributed by atoms with Gasteiger partial charge in [-0.25, -0.2) is 16.8 Å². The molecule has 8 nitrogen and oxygen atoms in total. The number of carbonyl (C=O) groups excluding carboxylic acids is 1. The second-order valence-corrected chi connectivity index (χ2v) is 14.0. The van der Waals surface area contributed by atoms with Crippen molar-refractivity contribution in [1.82, 2.24) is 13.9 Å². The van der Waals surface area contributed by atoms with Crippen LogP contribution in [0.1, 0.15) is 24.0 Å². The summed E-state index contributed by atoms with van der Waals surface area (Å²) in [5, 5.41) is 3.13. The second-order valence-electron chi connectivity index (χ2n) is 8.85. The molecule has 1 N–H and O–H groups in total. The molecule has 0 aliphatic carbocycles. The van der Waals surface area contributed by atoms with Crippen LogP contribution < -0.4 is 5.32 Å². The maximum absolute atomic E-state index is 13.4. The molecule has 0 aromatic heterocycles. The van der Waals surface area contributed by atoms with Crippen LogP contribution in [0.5, 0.6) is 0 Å². The summed E-state index contributed by atoms with van der Waals surface area (Å²) in [7, 11) is -7.54. The Balaban J connectivity index is 1.46. The van der Waals surface area contributed by atoms with Crippen LogP contribution in [0.3, 0.4) is 0 Å². The summed E-state index contributed by atoms with van der Waals surface area (Å²) in [4.78, 5) is 13.1. The van der Waals surface area contributed by atoms with Gasteiger partial charge in [-0.2, -0.15) is 8.61 Å². The van der Waals surface area contributed by atoms with Gasteiger partial charge in [0, 0.05) is 35.7 Å². The highest BCUT2D eigenvalue weighted by molar-refractivity contribution is 9.10. The fraction of sp³-hybridized carbons (Fsp3) is 0.269. The van der Waals surface area contributed by atoms with Gasteiger partial charge >= 0.3 is 0 Å². The Kier molecular flexibility index (Phi) is 9.27. The normalized spacial score (nSPS) is 14.6. The lowest BCUT2D eigenvalue weighted by Gasteiger charge is -2.22. The molecule has 38 heavy (non-hydrogen) atoms. The van der Waals surface area contributed by atoms with Gasteiger partial charge in [-0.3, -0.25) is 4.79 Å². The molecule has 0 radical (unpaired) electrons. The first-order valence-corrected chi connectivity index (χ1v) is 16.0. The number of carbonyl (C=O) groups is 1. The van der Waals surface area contributed by atoms with E-state index in [9.17, 15) is 21.6 Å². The number of hydrogen-bond donors (Lipinski definition) is 1. The van der Waals surface area contributed by atoms with Crippen molar-refractivity contribution in [2.75, 3.05) is 19.6 Å². The maximum Gasteiger partial charge on any atom is 0.243 e. The summed E-state index contributed by atoms with van der Waals surface area (Å²) < 4.78 is 55.6. The molecule has 0 atom stereocenters. The minimum absolute atomic E-state index is 0.0513. The van der Waals surface area contributed by atoms with E-state index in [1.807, 2.05) is 0 Å². The minimum atomic E-state index is -4.02. The lowest BCUT2D eigenvalue weighted by atomic mass is 10.2. The van der Waals surface area contributed by atoms with Crippen LogP contribution in [-0.2, 0) is 37.9 Å². The number of rotatable bonds is 10. The first kappa shape index (κ1) is 28.7. The molecule has 0 bridgehead atoms. The molecular formula is C26H27BrClN3O5S2. The van der Waals surface area contributed by atoms with E-state index < -0.39 is 32.5 Å². The van der Waals surface area contributed by atoms with Gasteiger partial charge in [-0.15, -0.1) is 0 Å². The number of nitrogens with zero attached hydrogens (tertiary/aromatic N) is 2. The third kappa shape index (κ3) is 6.83. The maximum atomic E-state index is 13.4. The minimum Gasteiger partial charge on any atom is -0.351 e. The van der Waals surface area contributed by atoms with Crippen molar-refractivity contribution >= 4 is 53.5 Å². The van der Waals surface area contributed by atoms with E-state index in [0.717, 1.165) is 21.6 Å². The quantitative estimate of drug-likeness (QED) is 0.354. The molecule has 1 fully saturated rings. The molecular weight excluding hydrogens is 614 g/mol. The second kappa shape index (κ2) is 12.3. The molecule has 1 aliphatic rings. The van der Waals surface area contributed by atoms with E-state index in [-0.39, 0.29) is 22.9 Å². The Morgan fingerprint density at radius 1 is 0.895 bits per heavy atom. The zero-order chi connectivity index (χ0) is 27.3. The summed E-state index contributed by atoms with van der Waals surface area (Å²) in [6.07, 6.45) is 1.71. The van der Waals surface area contributed by atoms with Crippen molar-refractivity contribution in [2.24, 2.45) is 0 Å². The Hall–Kier alpha value is -2.28. The van der Waals surface area contributed by atoms with Crippen molar-refractivity contribution < 1.29 is 21.6 Å². The van der Waals surface area contributed by atoms with E-state index >= 15 is 0 Å². The third-order valence-electron chi connectivity index (χ3n) is 6.19. The van der Waals surface area contributed by atoms with Gasteiger partial charge in [0.2, 0.25) is 26.0 Å². The summed E-state index contributed by atoms with van der Waals surface area (Å²) in [6, 6.07) is 19.4. The Morgan fingerprint density at radius 3 is 2.13 bits per heavy atom. The largest absolute Gasteiger partial charge is 0.351 e. The summed E-state index contributed by atoms with van der Waals surface area (Å²) in [5.41, 5.74) is 1.25. The van der Waals surface area contributed by atoms with E-state index in [1.54, 1.807) is 48.5 Å². The van der Waals surface area contributed by atoms with Gasteiger partial charge < -0.3 is 5.32 Å². The molecule has 3 aromatic rings. The smallest absolute Gasteiger partial charge is 0.243 e.